The molecule has 0 saturated heterocycles. The molecule has 0 radical (unpaired) electrons. The van der Waals surface area contributed by atoms with Gasteiger partial charge in [0.25, 0.3) is 0 Å². The number of nitrogens with one attached hydrogen (secondary N) is 1. The van der Waals surface area contributed by atoms with Crippen molar-refractivity contribution in [1.29, 1.82) is 5.41 Å². The predicted molar refractivity (Wildman–Crippen MR) is 147 cm³/mol. The molecular formula is C29H36N4O5. The number of ether oxygens (including phenoxy) is 2. The number of esters is 1. The first kappa shape index (κ1) is 28.4. The number of amidine groups is 1. The number of aryl methyl sites for hydroxylation is 2. The standard InChI is InChI=1S/C29H36N4O5/c1-4-6-7-16-33(19-27(35)37-5-2)29(36)38-22-13-14-25-23(17-22)24(18-32(25)3)26(34)15-10-20-8-11-21(12-9-20)28(30)31/h8-9,11-14,17-18H,4-7,10,15-16,19H2,1-3H3,(H3,30,31). The Kier molecular flexibility index (Phi) is 10.0. The molecule has 38 heavy (non-hydrogen) atoms. The van der Waals surface area contributed by atoms with Gasteiger partial charge >= 0.3 is 12.1 Å². The minimum atomic E-state index is -0.633. The molecule has 9 heteroatoms. The highest BCUT2D eigenvalue weighted by Gasteiger charge is 2.21. The third kappa shape index (κ3) is 7.44. The number of aromatic nitrogens is 1. The van der Waals surface area contributed by atoms with Crippen LogP contribution in [0.25, 0.3) is 10.9 Å². The minimum Gasteiger partial charge on any atom is -0.465 e. The average Bonchev–Trinajstić information content (AvgIpc) is 3.22. The van der Waals surface area contributed by atoms with Crippen LogP contribution >= 0.6 is 0 Å². The number of hydrogen-bond donors (Lipinski definition) is 2. The maximum Gasteiger partial charge on any atom is 0.415 e. The lowest BCUT2D eigenvalue weighted by Crippen LogP contribution is -2.39. The van der Waals surface area contributed by atoms with Gasteiger partial charge in [-0.05, 0) is 43.5 Å². The summed E-state index contributed by atoms with van der Waals surface area (Å²) in [5.74, 6) is -0.210. The molecule has 1 amide bonds. The van der Waals surface area contributed by atoms with Gasteiger partial charge in [-0.1, -0.05) is 44.0 Å². The average molecular weight is 521 g/mol. The van der Waals surface area contributed by atoms with Crippen LogP contribution in [0.15, 0.2) is 48.7 Å². The molecule has 0 unspecified atom stereocenters. The molecule has 0 aliphatic heterocycles. The number of nitrogens with two attached hydrogens (primary N) is 1. The fourth-order valence-electron chi connectivity index (χ4n) is 4.22. The van der Waals surface area contributed by atoms with Crippen LogP contribution in [0.1, 0.15) is 61.0 Å². The number of benzene rings is 2. The van der Waals surface area contributed by atoms with E-state index in [1.165, 1.54) is 4.90 Å². The Balaban J connectivity index is 1.74. The number of Topliss-reactive ketones (excluding diaryl/α,β-unsaturated/α-hetero) is 1. The highest BCUT2D eigenvalue weighted by Crippen LogP contribution is 2.27. The molecule has 0 aliphatic rings. The number of unbranched alkanes of at least 4 members (excludes halogenated alkanes) is 2. The van der Waals surface area contributed by atoms with Gasteiger partial charge in [0.05, 0.1) is 6.61 Å². The van der Waals surface area contributed by atoms with Gasteiger partial charge in [0.2, 0.25) is 0 Å². The summed E-state index contributed by atoms with van der Waals surface area (Å²) in [4.78, 5) is 39.5. The van der Waals surface area contributed by atoms with E-state index in [0.29, 0.717) is 41.6 Å². The molecule has 9 nitrogen and oxygen atoms in total. The van der Waals surface area contributed by atoms with Crippen molar-refractivity contribution in [3.8, 4) is 5.75 Å². The van der Waals surface area contributed by atoms with Gasteiger partial charge in [-0.2, -0.15) is 0 Å². The molecule has 0 aliphatic carbocycles. The van der Waals surface area contributed by atoms with Crippen molar-refractivity contribution in [1.82, 2.24) is 9.47 Å². The van der Waals surface area contributed by atoms with Gasteiger partial charge in [-0.15, -0.1) is 0 Å². The van der Waals surface area contributed by atoms with Crippen LogP contribution in [-0.4, -0.2) is 52.8 Å². The molecule has 1 aromatic heterocycles. The van der Waals surface area contributed by atoms with Crippen molar-refractivity contribution < 1.29 is 23.9 Å². The number of carbonyl (C=O) groups excluding carboxylic acids is 3. The second-order valence-corrected chi connectivity index (χ2v) is 9.17. The topological polar surface area (TPSA) is 128 Å². The molecular weight excluding hydrogens is 484 g/mol. The van der Waals surface area contributed by atoms with Gasteiger partial charge in [-0.25, -0.2) is 4.79 Å². The number of amides is 1. The third-order valence-electron chi connectivity index (χ3n) is 6.29. The Hall–Kier alpha value is -4.14. The molecule has 0 bridgehead atoms. The van der Waals surface area contributed by atoms with E-state index < -0.39 is 12.1 Å². The highest BCUT2D eigenvalue weighted by atomic mass is 16.6. The van der Waals surface area contributed by atoms with Gasteiger partial charge in [-0.3, -0.25) is 19.9 Å². The van der Waals surface area contributed by atoms with Crippen LogP contribution in [0.4, 0.5) is 4.79 Å². The number of nitrogens with zero attached hydrogens (tertiary/aromatic N) is 2. The fourth-order valence-corrected chi connectivity index (χ4v) is 4.22. The summed E-state index contributed by atoms with van der Waals surface area (Å²) in [6, 6.07) is 12.5. The van der Waals surface area contributed by atoms with Crippen LogP contribution in [0.2, 0.25) is 0 Å². The monoisotopic (exact) mass is 520 g/mol. The summed E-state index contributed by atoms with van der Waals surface area (Å²) in [6.07, 6.45) is 4.65. The number of rotatable bonds is 13. The van der Waals surface area contributed by atoms with Crippen LogP contribution < -0.4 is 10.5 Å². The van der Waals surface area contributed by atoms with Gasteiger partial charge < -0.3 is 19.8 Å². The van der Waals surface area contributed by atoms with Crippen molar-refractivity contribution in [2.45, 2.75) is 46.0 Å². The lowest BCUT2D eigenvalue weighted by molar-refractivity contribution is -0.143. The molecule has 3 N–H and O–H groups in total. The van der Waals surface area contributed by atoms with E-state index in [4.69, 9.17) is 20.6 Å². The number of hydrogen-bond acceptors (Lipinski definition) is 6. The fraction of sp³-hybridized carbons (Fsp3) is 0.379. The smallest absolute Gasteiger partial charge is 0.415 e. The first-order valence-corrected chi connectivity index (χ1v) is 12.9. The summed E-state index contributed by atoms with van der Waals surface area (Å²) < 4.78 is 12.5. The molecule has 202 valence electrons. The van der Waals surface area contributed by atoms with Crippen molar-refractivity contribution in [2.24, 2.45) is 12.8 Å². The molecule has 0 atom stereocenters. The largest absolute Gasteiger partial charge is 0.465 e. The Labute approximate surface area is 223 Å². The summed E-state index contributed by atoms with van der Waals surface area (Å²) >= 11 is 0. The van der Waals surface area contributed by atoms with Crippen LogP contribution in [0.5, 0.6) is 5.75 Å². The summed E-state index contributed by atoms with van der Waals surface area (Å²) in [5, 5.41) is 8.19. The van der Waals surface area contributed by atoms with E-state index in [0.717, 1.165) is 30.3 Å². The van der Waals surface area contributed by atoms with Crippen molar-refractivity contribution >= 4 is 34.6 Å². The first-order chi connectivity index (χ1) is 18.2. The van der Waals surface area contributed by atoms with Crippen LogP contribution in [-0.2, 0) is 23.0 Å². The Morgan fingerprint density at radius 1 is 1.05 bits per heavy atom. The van der Waals surface area contributed by atoms with Crippen molar-refractivity contribution in [2.75, 3.05) is 19.7 Å². The van der Waals surface area contributed by atoms with E-state index in [9.17, 15) is 14.4 Å². The lowest BCUT2D eigenvalue weighted by atomic mass is 10.0. The minimum absolute atomic E-state index is 0.00450. The molecule has 0 fully saturated rings. The summed E-state index contributed by atoms with van der Waals surface area (Å²) in [6.45, 7) is 4.22. The zero-order chi connectivity index (χ0) is 27.7. The summed E-state index contributed by atoms with van der Waals surface area (Å²) in [7, 11) is 1.86. The lowest BCUT2D eigenvalue weighted by Gasteiger charge is -2.21. The molecule has 3 rings (SSSR count). The van der Waals surface area contributed by atoms with E-state index in [-0.39, 0.29) is 24.8 Å². The number of carbonyl (C=O) groups is 3. The molecule has 2 aromatic carbocycles. The maximum atomic E-state index is 13.2. The molecule has 1 heterocycles. The summed E-state index contributed by atoms with van der Waals surface area (Å²) in [5.41, 5.74) is 8.51. The highest BCUT2D eigenvalue weighted by molar-refractivity contribution is 6.08. The van der Waals surface area contributed by atoms with Crippen LogP contribution in [0.3, 0.4) is 0 Å². The van der Waals surface area contributed by atoms with E-state index >= 15 is 0 Å². The number of nitrogen functional groups attached to an aromatic ring is 1. The quantitative estimate of drug-likeness (QED) is 0.109. The van der Waals surface area contributed by atoms with Crippen LogP contribution in [0, 0.1) is 5.41 Å². The normalized spacial score (nSPS) is 10.8. The number of ketones is 1. The van der Waals surface area contributed by atoms with Crippen molar-refractivity contribution in [3.63, 3.8) is 0 Å². The zero-order valence-electron chi connectivity index (χ0n) is 22.3. The zero-order valence-corrected chi connectivity index (χ0v) is 22.3. The molecule has 0 spiro atoms. The van der Waals surface area contributed by atoms with Gasteiger partial charge in [0.15, 0.2) is 5.78 Å². The van der Waals surface area contributed by atoms with E-state index in [2.05, 4.69) is 6.92 Å². The SMILES string of the molecule is CCCCCN(CC(=O)OCC)C(=O)Oc1ccc2c(c1)c(C(=O)CCc1ccc(C(=N)N)cc1)cn2C. The molecule has 3 aromatic rings. The second kappa shape index (κ2) is 13.4. The van der Waals surface area contributed by atoms with Gasteiger partial charge in [0.1, 0.15) is 18.1 Å². The third-order valence-corrected chi connectivity index (χ3v) is 6.29. The number of fused-ring (bicyclic) bond motifs is 1. The molecule has 0 saturated carbocycles. The van der Waals surface area contributed by atoms with E-state index in [1.54, 1.807) is 37.4 Å². The Morgan fingerprint density at radius 2 is 1.79 bits per heavy atom. The Bertz CT molecular complexity index is 1300. The van der Waals surface area contributed by atoms with Crippen molar-refractivity contribution in [3.05, 3.63) is 65.4 Å². The van der Waals surface area contributed by atoms with Gasteiger partial charge in [0, 0.05) is 48.2 Å². The van der Waals surface area contributed by atoms with E-state index in [1.807, 2.05) is 29.8 Å². The first-order valence-electron chi connectivity index (χ1n) is 12.9. The Morgan fingerprint density at radius 3 is 2.45 bits per heavy atom. The second-order valence-electron chi connectivity index (χ2n) is 9.17. The maximum absolute atomic E-state index is 13.2. The predicted octanol–water partition coefficient (Wildman–Crippen LogP) is 4.83.